The normalized spacial score (nSPS) is 11.5. The Morgan fingerprint density at radius 3 is 2.88 bits per heavy atom. The Labute approximate surface area is 147 Å². The summed E-state index contributed by atoms with van der Waals surface area (Å²) >= 11 is 1.57. The molecule has 0 aliphatic carbocycles. The van der Waals surface area contributed by atoms with Crippen LogP contribution >= 0.6 is 11.3 Å². The standard InChI is InChI=1S/C18H13NO5S/c19-9-13-3-4-14(23-10-12-5-7-25-11-12)8-16(13)24-17(18(20)21)15-2-1-6-22-15/h1-8,11,17H,10H2,(H,20,21). The lowest BCUT2D eigenvalue weighted by Gasteiger charge is -2.15. The second-order valence-corrected chi connectivity index (χ2v) is 5.82. The summed E-state index contributed by atoms with van der Waals surface area (Å²) in [5.74, 6) is -0.484. The van der Waals surface area contributed by atoms with E-state index in [1.807, 2.05) is 22.9 Å². The Morgan fingerprint density at radius 2 is 2.24 bits per heavy atom. The number of ether oxygens (including phenoxy) is 2. The molecule has 0 saturated heterocycles. The second kappa shape index (κ2) is 7.55. The Morgan fingerprint density at radius 1 is 1.36 bits per heavy atom. The van der Waals surface area contributed by atoms with Crippen LogP contribution in [-0.4, -0.2) is 11.1 Å². The SMILES string of the molecule is N#Cc1ccc(OCc2ccsc2)cc1OC(C(=O)O)c1ccco1. The molecule has 25 heavy (non-hydrogen) atoms. The molecule has 0 saturated carbocycles. The van der Waals surface area contributed by atoms with Crippen molar-refractivity contribution < 1.29 is 23.8 Å². The van der Waals surface area contributed by atoms with Crippen molar-refractivity contribution in [2.75, 3.05) is 0 Å². The number of hydrogen-bond donors (Lipinski definition) is 1. The highest BCUT2D eigenvalue weighted by molar-refractivity contribution is 7.07. The quantitative estimate of drug-likeness (QED) is 0.689. The van der Waals surface area contributed by atoms with Gasteiger partial charge in [0, 0.05) is 6.07 Å². The van der Waals surface area contributed by atoms with E-state index in [9.17, 15) is 15.2 Å². The first-order chi connectivity index (χ1) is 12.2. The van der Waals surface area contributed by atoms with Gasteiger partial charge in [-0.25, -0.2) is 4.79 Å². The zero-order chi connectivity index (χ0) is 17.6. The molecule has 7 heteroatoms. The van der Waals surface area contributed by atoms with Crippen LogP contribution in [0.15, 0.2) is 57.8 Å². The van der Waals surface area contributed by atoms with Gasteiger partial charge in [-0.05, 0) is 46.7 Å². The van der Waals surface area contributed by atoms with Crippen LogP contribution in [0.5, 0.6) is 11.5 Å². The van der Waals surface area contributed by atoms with E-state index in [1.54, 1.807) is 23.5 Å². The first-order valence-electron chi connectivity index (χ1n) is 7.28. The van der Waals surface area contributed by atoms with Gasteiger partial charge in [0.25, 0.3) is 6.10 Å². The van der Waals surface area contributed by atoms with Crippen molar-refractivity contribution in [2.24, 2.45) is 0 Å². The first kappa shape index (κ1) is 16.6. The molecule has 1 N–H and O–H groups in total. The van der Waals surface area contributed by atoms with Gasteiger partial charge < -0.3 is 19.0 Å². The van der Waals surface area contributed by atoms with Crippen LogP contribution in [0, 0.1) is 11.3 Å². The lowest BCUT2D eigenvalue weighted by molar-refractivity contribution is -0.146. The molecule has 0 bridgehead atoms. The molecule has 3 aromatic rings. The van der Waals surface area contributed by atoms with Crippen LogP contribution in [0.1, 0.15) is 23.0 Å². The Balaban J connectivity index is 1.82. The molecule has 0 aliphatic rings. The molecule has 0 amide bonds. The molecule has 6 nitrogen and oxygen atoms in total. The summed E-state index contributed by atoms with van der Waals surface area (Å²) in [4.78, 5) is 11.5. The Kier molecular flexibility index (Phi) is 5.02. The highest BCUT2D eigenvalue weighted by Gasteiger charge is 2.26. The molecule has 3 rings (SSSR count). The number of thiophene rings is 1. The summed E-state index contributed by atoms with van der Waals surface area (Å²) in [5.41, 5.74) is 1.23. The minimum absolute atomic E-state index is 0.120. The van der Waals surface area contributed by atoms with Gasteiger partial charge >= 0.3 is 5.97 Å². The number of nitrogens with zero attached hydrogens (tertiary/aromatic N) is 1. The number of aliphatic carboxylic acids is 1. The lowest BCUT2D eigenvalue weighted by atomic mass is 10.2. The maximum absolute atomic E-state index is 11.5. The number of carboxylic acids is 1. The van der Waals surface area contributed by atoms with Gasteiger partial charge in [0.15, 0.2) is 5.76 Å². The average Bonchev–Trinajstić information content (AvgIpc) is 3.31. The number of furan rings is 1. The van der Waals surface area contributed by atoms with Crippen molar-refractivity contribution in [3.8, 4) is 17.6 Å². The molecular weight excluding hydrogens is 342 g/mol. The third kappa shape index (κ3) is 4.00. The van der Waals surface area contributed by atoms with Gasteiger partial charge in [-0.2, -0.15) is 16.6 Å². The maximum Gasteiger partial charge on any atom is 0.353 e. The summed E-state index contributed by atoms with van der Waals surface area (Å²) in [6.45, 7) is 0.370. The fraction of sp³-hybridized carbons (Fsp3) is 0.111. The van der Waals surface area contributed by atoms with E-state index in [-0.39, 0.29) is 17.1 Å². The van der Waals surface area contributed by atoms with E-state index in [0.29, 0.717) is 12.4 Å². The van der Waals surface area contributed by atoms with E-state index >= 15 is 0 Å². The molecular formula is C18H13NO5S. The first-order valence-corrected chi connectivity index (χ1v) is 8.22. The van der Waals surface area contributed by atoms with Crippen molar-refractivity contribution in [2.45, 2.75) is 12.7 Å². The average molecular weight is 355 g/mol. The molecule has 1 atom stereocenters. The van der Waals surface area contributed by atoms with Crippen LogP contribution in [0.4, 0.5) is 0 Å². The summed E-state index contributed by atoms with van der Waals surface area (Å²) in [6, 6.07) is 11.7. The van der Waals surface area contributed by atoms with Gasteiger partial charge in [0.2, 0.25) is 0 Å². The predicted octanol–water partition coefficient (Wildman–Crippen LogP) is 4.00. The van der Waals surface area contributed by atoms with Gasteiger partial charge in [-0.3, -0.25) is 0 Å². The number of carbonyl (C=O) groups is 1. The van der Waals surface area contributed by atoms with E-state index in [1.165, 1.54) is 24.5 Å². The molecule has 1 aromatic carbocycles. The van der Waals surface area contributed by atoms with Gasteiger partial charge in [0.1, 0.15) is 24.2 Å². The minimum atomic E-state index is -1.35. The molecule has 2 heterocycles. The monoisotopic (exact) mass is 355 g/mol. The number of hydrogen-bond acceptors (Lipinski definition) is 6. The largest absolute Gasteiger partial charge is 0.489 e. The highest BCUT2D eigenvalue weighted by Crippen LogP contribution is 2.30. The molecule has 2 aromatic heterocycles. The van der Waals surface area contributed by atoms with Crippen LogP contribution in [0.25, 0.3) is 0 Å². The van der Waals surface area contributed by atoms with E-state index < -0.39 is 12.1 Å². The maximum atomic E-state index is 11.5. The van der Waals surface area contributed by atoms with Gasteiger partial charge in [0.05, 0.1) is 11.8 Å². The molecule has 0 fully saturated rings. The summed E-state index contributed by atoms with van der Waals surface area (Å²) in [5, 5.41) is 22.5. The number of benzene rings is 1. The van der Waals surface area contributed by atoms with Crippen molar-refractivity contribution in [1.29, 1.82) is 5.26 Å². The van der Waals surface area contributed by atoms with E-state index in [0.717, 1.165) is 5.56 Å². The van der Waals surface area contributed by atoms with Crippen molar-refractivity contribution in [3.05, 3.63) is 70.3 Å². The number of rotatable bonds is 7. The zero-order valence-electron chi connectivity index (χ0n) is 12.9. The predicted molar refractivity (Wildman–Crippen MR) is 89.5 cm³/mol. The zero-order valence-corrected chi connectivity index (χ0v) is 13.7. The Hall–Kier alpha value is -3.24. The van der Waals surface area contributed by atoms with Crippen molar-refractivity contribution >= 4 is 17.3 Å². The minimum Gasteiger partial charge on any atom is -0.489 e. The Bertz CT molecular complexity index is 881. The fourth-order valence-electron chi connectivity index (χ4n) is 2.12. The van der Waals surface area contributed by atoms with Crippen LogP contribution in [-0.2, 0) is 11.4 Å². The molecule has 0 radical (unpaired) electrons. The summed E-state index contributed by atoms with van der Waals surface area (Å²) < 4.78 is 16.3. The molecule has 1 unspecified atom stereocenters. The smallest absolute Gasteiger partial charge is 0.353 e. The summed E-state index contributed by atoms with van der Waals surface area (Å²) in [7, 11) is 0. The van der Waals surface area contributed by atoms with Crippen molar-refractivity contribution in [1.82, 2.24) is 0 Å². The second-order valence-electron chi connectivity index (χ2n) is 5.04. The van der Waals surface area contributed by atoms with Crippen LogP contribution in [0.2, 0.25) is 0 Å². The van der Waals surface area contributed by atoms with Crippen LogP contribution < -0.4 is 9.47 Å². The molecule has 126 valence electrons. The summed E-state index contributed by atoms with van der Waals surface area (Å²) in [6.07, 6.45) is 0.00876. The van der Waals surface area contributed by atoms with E-state index in [4.69, 9.17) is 13.9 Å². The third-order valence-electron chi connectivity index (χ3n) is 3.33. The topological polar surface area (TPSA) is 92.7 Å². The highest BCUT2D eigenvalue weighted by atomic mass is 32.1. The van der Waals surface area contributed by atoms with Gasteiger partial charge in [-0.1, -0.05) is 0 Å². The molecule has 0 spiro atoms. The van der Waals surface area contributed by atoms with Crippen LogP contribution in [0.3, 0.4) is 0 Å². The van der Waals surface area contributed by atoms with E-state index in [2.05, 4.69) is 0 Å². The third-order valence-corrected chi connectivity index (χ3v) is 4.06. The van der Waals surface area contributed by atoms with Crippen molar-refractivity contribution in [3.63, 3.8) is 0 Å². The lowest BCUT2D eigenvalue weighted by Crippen LogP contribution is -2.18. The molecule has 0 aliphatic heterocycles. The number of carboxylic acid groups (broad SMARTS) is 1. The number of nitriles is 1. The van der Waals surface area contributed by atoms with Gasteiger partial charge in [-0.15, -0.1) is 0 Å². The fourth-order valence-corrected chi connectivity index (χ4v) is 2.77.